The molecule has 1 heterocycles. The maximum Gasteiger partial charge on any atom is 0.161 e. The van der Waals surface area contributed by atoms with E-state index >= 15 is 0 Å². The average Bonchev–Trinajstić information content (AvgIpc) is 2.32. The van der Waals surface area contributed by atoms with Crippen LogP contribution in [-0.2, 0) is 4.74 Å². The number of fused-ring (bicyclic) bond motifs is 1. The van der Waals surface area contributed by atoms with Gasteiger partial charge in [-0.3, -0.25) is 0 Å². The van der Waals surface area contributed by atoms with Crippen molar-refractivity contribution in [2.45, 2.75) is 20.1 Å². The molecule has 1 atom stereocenters. The Morgan fingerprint density at radius 3 is 3.12 bits per heavy atom. The van der Waals surface area contributed by atoms with E-state index in [1.807, 2.05) is 36.9 Å². The van der Waals surface area contributed by atoms with Crippen molar-refractivity contribution in [2.24, 2.45) is 0 Å². The second-order valence-corrected chi connectivity index (χ2v) is 4.15. The molecule has 0 bridgehead atoms. The number of hydrogen-bond acceptors (Lipinski definition) is 4. The lowest BCUT2D eigenvalue weighted by molar-refractivity contribution is 0.0792. The van der Waals surface area contributed by atoms with E-state index in [2.05, 4.69) is 0 Å². The first kappa shape index (κ1) is 12.2. The summed E-state index contributed by atoms with van der Waals surface area (Å²) in [4.78, 5) is 1.93. The van der Waals surface area contributed by atoms with Gasteiger partial charge < -0.3 is 19.5 Å². The van der Waals surface area contributed by atoms with Crippen LogP contribution in [0.25, 0.3) is 0 Å². The summed E-state index contributed by atoms with van der Waals surface area (Å²) < 4.78 is 10.8. The molecule has 0 saturated carbocycles. The van der Waals surface area contributed by atoms with Crippen LogP contribution in [0.3, 0.4) is 0 Å². The van der Waals surface area contributed by atoms with Crippen molar-refractivity contribution in [2.75, 3.05) is 31.3 Å². The van der Waals surface area contributed by atoms with E-state index in [1.54, 1.807) is 0 Å². The lowest BCUT2D eigenvalue weighted by Crippen LogP contribution is -2.44. The Hall–Kier alpha value is -1.26. The molecule has 1 aliphatic rings. The standard InChI is InChI=1S/C13H19NO3/c1-3-16-7-6-14-11-8-10(2)4-5-12(11)17-9-13(14)15/h4-5,8,13,15H,3,6-7,9H2,1-2H3. The number of hydrogen-bond donors (Lipinski definition) is 1. The highest BCUT2D eigenvalue weighted by molar-refractivity contribution is 5.61. The molecular formula is C13H19NO3. The van der Waals surface area contributed by atoms with Crippen molar-refractivity contribution in [1.82, 2.24) is 0 Å². The largest absolute Gasteiger partial charge is 0.487 e. The summed E-state index contributed by atoms with van der Waals surface area (Å²) in [6.45, 7) is 6.29. The lowest BCUT2D eigenvalue weighted by Gasteiger charge is -2.35. The summed E-state index contributed by atoms with van der Waals surface area (Å²) in [6, 6.07) is 5.99. The Kier molecular flexibility index (Phi) is 3.86. The van der Waals surface area contributed by atoms with Crippen LogP contribution in [0.2, 0.25) is 0 Å². The summed E-state index contributed by atoms with van der Waals surface area (Å²) in [5.41, 5.74) is 2.10. The molecule has 0 fully saturated rings. The first-order chi connectivity index (χ1) is 8.22. The Morgan fingerprint density at radius 1 is 1.53 bits per heavy atom. The number of ether oxygens (including phenoxy) is 2. The fraction of sp³-hybridized carbons (Fsp3) is 0.538. The van der Waals surface area contributed by atoms with Gasteiger partial charge in [0.25, 0.3) is 0 Å². The van der Waals surface area contributed by atoms with E-state index < -0.39 is 6.23 Å². The minimum absolute atomic E-state index is 0.308. The molecule has 4 heteroatoms. The third-order valence-corrected chi connectivity index (χ3v) is 2.85. The third kappa shape index (κ3) is 2.70. The van der Waals surface area contributed by atoms with Crippen molar-refractivity contribution in [1.29, 1.82) is 0 Å². The lowest BCUT2D eigenvalue weighted by atomic mass is 10.1. The molecule has 0 spiro atoms. The summed E-state index contributed by atoms with van der Waals surface area (Å²) in [5.74, 6) is 0.831. The van der Waals surface area contributed by atoms with Crippen molar-refractivity contribution in [3.63, 3.8) is 0 Å². The van der Waals surface area contributed by atoms with Crippen molar-refractivity contribution in [3.05, 3.63) is 23.8 Å². The van der Waals surface area contributed by atoms with Gasteiger partial charge in [-0.2, -0.15) is 0 Å². The van der Waals surface area contributed by atoms with Gasteiger partial charge in [-0.1, -0.05) is 6.07 Å². The molecular weight excluding hydrogens is 218 g/mol. The van der Waals surface area contributed by atoms with E-state index in [0.29, 0.717) is 26.4 Å². The van der Waals surface area contributed by atoms with E-state index in [4.69, 9.17) is 9.47 Å². The van der Waals surface area contributed by atoms with Gasteiger partial charge in [0.05, 0.1) is 12.3 Å². The molecule has 1 N–H and O–H groups in total. The summed E-state index contributed by atoms with van der Waals surface area (Å²) in [7, 11) is 0. The molecule has 1 aliphatic heterocycles. The predicted octanol–water partition coefficient (Wildman–Crippen LogP) is 1.55. The molecule has 94 valence electrons. The van der Waals surface area contributed by atoms with Gasteiger partial charge in [0, 0.05) is 13.2 Å². The number of aliphatic hydroxyl groups is 1. The number of nitrogens with zero attached hydrogens (tertiary/aromatic N) is 1. The third-order valence-electron chi connectivity index (χ3n) is 2.85. The van der Waals surface area contributed by atoms with Crippen LogP contribution in [0.15, 0.2) is 18.2 Å². The maximum absolute atomic E-state index is 9.95. The van der Waals surface area contributed by atoms with Gasteiger partial charge in [0.2, 0.25) is 0 Å². The van der Waals surface area contributed by atoms with Crippen molar-refractivity contribution >= 4 is 5.69 Å². The molecule has 17 heavy (non-hydrogen) atoms. The normalized spacial score (nSPS) is 18.8. The second kappa shape index (κ2) is 5.38. The van der Waals surface area contributed by atoms with E-state index in [1.165, 1.54) is 0 Å². The van der Waals surface area contributed by atoms with Crippen molar-refractivity contribution in [3.8, 4) is 5.75 Å². The molecule has 2 rings (SSSR count). The first-order valence-electron chi connectivity index (χ1n) is 5.98. The van der Waals surface area contributed by atoms with Gasteiger partial charge >= 0.3 is 0 Å². The van der Waals surface area contributed by atoms with Crippen LogP contribution in [0.5, 0.6) is 5.75 Å². The van der Waals surface area contributed by atoms with E-state index in [-0.39, 0.29) is 0 Å². The van der Waals surface area contributed by atoms with Crippen LogP contribution in [0, 0.1) is 6.92 Å². The molecule has 0 aromatic heterocycles. The van der Waals surface area contributed by atoms with Gasteiger partial charge in [-0.05, 0) is 31.5 Å². The Morgan fingerprint density at radius 2 is 2.35 bits per heavy atom. The van der Waals surface area contributed by atoms with Gasteiger partial charge in [-0.25, -0.2) is 0 Å². The number of rotatable bonds is 4. The average molecular weight is 237 g/mol. The smallest absolute Gasteiger partial charge is 0.161 e. The highest BCUT2D eigenvalue weighted by atomic mass is 16.5. The SMILES string of the molecule is CCOCCN1c2cc(C)ccc2OCC1O. The molecule has 0 saturated heterocycles. The zero-order valence-electron chi connectivity index (χ0n) is 10.3. The zero-order valence-corrected chi connectivity index (χ0v) is 10.3. The van der Waals surface area contributed by atoms with E-state index in [0.717, 1.165) is 17.0 Å². The molecule has 1 aromatic rings. The van der Waals surface area contributed by atoms with Gasteiger partial charge in [-0.15, -0.1) is 0 Å². The second-order valence-electron chi connectivity index (χ2n) is 4.15. The molecule has 0 radical (unpaired) electrons. The van der Waals surface area contributed by atoms with Crippen LogP contribution in [-0.4, -0.2) is 37.7 Å². The predicted molar refractivity (Wildman–Crippen MR) is 66.5 cm³/mol. The maximum atomic E-state index is 9.95. The van der Waals surface area contributed by atoms with Gasteiger partial charge in [0.15, 0.2) is 6.23 Å². The number of aliphatic hydroxyl groups excluding tert-OH is 1. The minimum atomic E-state index is -0.593. The number of benzene rings is 1. The Balaban J connectivity index is 2.17. The van der Waals surface area contributed by atoms with Crippen LogP contribution in [0.4, 0.5) is 5.69 Å². The van der Waals surface area contributed by atoms with Crippen LogP contribution < -0.4 is 9.64 Å². The fourth-order valence-corrected chi connectivity index (χ4v) is 1.97. The monoisotopic (exact) mass is 237 g/mol. The van der Waals surface area contributed by atoms with Crippen LogP contribution in [0.1, 0.15) is 12.5 Å². The molecule has 4 nitrogen and oxygen atoms in total. The Bertz CT molecular complexity index is 381. The molecule has 0 aliphatic carbocycles. The topological polar surface area (TPSA) is 41.9 Å². The summed E-state index contributed by atoms with van der Waals surface area (Å²) >= 11 is 0. The highest BCUT2D eigenvalue weighted by Crippen LogP contribution is 2.33. The van der Waals surface area contributed by atoms with E-state index in [9.17, 15) is 5.11 Å². The summed E-state index contributed by atoms with van der Waals surface area (Å²) in [6.07, 6.45) is -0.593. The number of aryl methyl sites for hydroxylation is 1. The minimum Gasteiger partial charge on any atom is -0.487 e. The molecule has 1 unspecified atom stereocenters. The fourth-order valence-electron chi connectivity index (χ4n) is 1.97. The van der Waals surface area contributed by atoms with Crippen molar-refractivity contribution < 1.29 is 14.6 Å². The highest BCUT2D eigenvalue weighted by Gasteiger charge is 2.25. The van der Waals surface area contributed by atoms with Crippen LogP contribution >= 0.6 is 0 Å². The summed E-state index contributed by atoms with van der Waals surface area (Å²) in [5, 5.41) is 9.95. The van der Waals surface area contributed by atoms with Gasteiger partial charge in [0.1, 0.15) is 12.4 Å². The first-order valence-corrected chi connectivity index (χ1v) is 5.98. The molecule has 1 aromatic carbocycles. The quantitative estimate of drug-likeness (QED) is 0.807. The zero-order chi connectivity index (χ0) is 12.3. The Labute approximate surface area is 102 Å². The number of anilines is 1. The molecule has 0 amide bonds.